The van der Waals surface area contributed by atoms with E-state index >= 15 is 0 Å². The van der Waals surface area contributed by atoms with Crippen molar-refractivity contribution >= 4 is 28.6 Å². The lowest BCUT2D eigenvalue weighted by Gasteiger charge is -2.22. The molecule has 0 aliphatic rings. The van der Waals surface area contributed by atoms with Crippen LogP contribution in [0, 0.1) is 6.92 Å². The Bertz CT molecular complexity index is 686. The number of alkyl carbamates (subject to hydrolysis) is 1. The van der Waals surface area contributed by atoms with Crippen molar-refractivity contribution in [3.63, 3.8) is 0 Å². The Morgan fingerprint density at radius 1 is 1.36 bits per heavy atom. The highest BCUT2D eigenvalue weighted by Crippen LogP contribution is 2.29. The average molecular weight is 323 g/mol. The van der Waals surface area contributed by atoms with Crippen molar-refractivity contribution in [2.24, 2.45) is 0 Å². The van der Waals surface area contributed by atoms with E-state index in [2.05, 4.69) is 16.0 Å². The van der Waals surface area contributed by atoms with Gasteiger partial charge < -0.3 is 14.6 Å². The highest BCUT2D eigenvalue weighted by molar-refractivity contribution is 6.35. The molecule has 2 aromatic rings. The number of rotatable bonds is 3. The summed E-state index contributed by atoms with van der Waals surface area (Å²) in [5, 5.41) is 4.65. The third-order valence-electron chi connectivity index (χ3n) is 3.43. The Balaban J connectivity index is 2.12. The van der Waals surface area contributed by atoms with Gasteiger partial charge in [0.05, 0.1) is 10.5 Å². The maximum absolute atomic E-state index is 11.7. The van der Waals surface area contributed by atoms with Gasteiger partial charge in [-0.05, 0) is 46.2 Å². The number of ether oxygens (including phenoxy) is 1. The van der Waals surface area contributed by atoms with Gasteiger partial charge in [0.2, 0.25) is 0 Å². The fourth-order valence-corrected chi connectivity index (χ4v) is 2.59. The van der Waals surface area contributed by atoms with Crippen molar-refractivity contribution < 1.29 is 9.53 Å². The van der Waals surface area contributed by atoms with Gasteiger partial charge in [-0.2, -0.15) is 0 Å². The first-order valence-electron chi connectivity index (χ1n) is 7.41. The van der Waals surface area contributed by atoms with Crippen LogP contribution in [-0.4, -0.2) is 22.8 Å². The van der Waals surface area contributed by atoms with Crippen LogP contribution in [0.4, 0.5) is 4.79 Å². The summed E-state index contributed by atoms with van der Waals surface area (Å²) in [5.74, 6) is 0. The Morgan fingerprint density at radius 2 is 2.05 bits per heavy atom. The lowest BCUT2D eigenvalue weighted by molar-refractivity contribution is 0.0521. The minimum atomic E-state index is -0.492. The zero-order valence-corrected chi connectivity index (χ0v) is 14.5. The number of nitrogens with one attached hydrogen (secondary N) is 1. The number of aromatic nitrogens is 1. The summed E-state index contributed by atoms with van der Waals surface area (Å²) in [4.78, 5) is 11.7. The van der Waals surface area contributed by atoms with Crippen molar-refractivity contribution in [3.8, 4) is 0 Å². The maximum Gasteiger partial charge on any atom is 0.407 e. The van der Waals surface area contributed by atoms with Crippen molar-refractivity contribution in [1.82, 2.24) is 9.88 Å². The van der Waals surface area contributed by atoms with Crippen LogP contribution in [0.1, 0.15) is 39.3 Å². The number of carbonyl (C=O) groups excluding carboxylic acids is 1. The normalized spacial score (nSPS) is 13.2. The number of nitrogens with zero attached hydrogens (tertiary/aromatic N) is 1. The molecule has 0 aliphatic carbocycles. The number of halogens is 1. The van der Waals surface area contributed by atoms with Gasteiger partial charge in [-0.25, -0.2) is 4.79 Å². The van der Waals surface area contributed by atoms with Crippen LogP contribution >= 0.6 is 11.6 Å². The largest absolute Gasteiger partial charge is 0.444 e. The molecular weight excluding hydrogens is 300 g/mol. The molecule has 0 saturated carbocycles. The number of fused-ring (bicyclic) bond motifs is 1. The Labute approximate surface area is 136 Å². The van der Waals surface area contributed by atoms with Crippen molar-refractivity contribution in [2.45, 2.75) is 46.3 Å². The van der Waals surface area contributed by atoms with E-state index in [9.17, 15) is 4.79 Å². The van der Waals surface area contributed by atoms with Crippen molar-refractivity contribution in [2.75, 3.05) is 6.54 Å². The van der Waals surface area contributed by atoms with E-state index < -0.39 is 11.7 Å². The molecule has 1 aromatic carbocycles. The maximum atomic E-state index is 11.7. The van der Waals surface area contributed by atoms with E-state index in [1.807, 2.05) is 52.9 Å². The zero-order chi connectivity index (χ0) is 16.5. The molecule has 1 atom stereocenters. The number of hydrogen-bond donors (Lipinski definition) is 1. The SMILES string of the molecule is Cc1ccc2ccn([C@H](C)CNC(=O)OC(C)(C)C)c2c1Cl. The van der Waals surface area contributed by atoms with Gasteiger partial charge >= 0.3 is 6.09 Å². The van der Waals surface area contributed by atoms with Crippen LogP contribution in [0.2, 0.25) is 5.02 Å². The van der Waals surface area contributed by atoms with Crippen LogP contribution in [0.5, 0.6) is 0 Å². The first kappa shape index (κ1) is 16.7. The number of aryl methyl sites for hydroxylation is 1. The quantitative estimate of drug-likeness (QED) is 0.891. The summed E-state index contributed by atoms with van der Waals surface area (Å²) in [5.41, 5.74) is 1.55. The molecule has 0 bridgehead atoms. The molecule has 5 heteroatoms. The van der Waals surface area contributed by atoms with Gasteiger partial charge in [0, 0.05) is 24.2 Å². The van der Waals surface area contributed by atoms with E-state index in [-0.39, 0.29) is 6.04 Å². The smallest absolute Gasteiger partial charge is 0.407 e. The number of carbonyl (C=O) groups is 1. The second-order valence-corrected chi connectivity index (χ2v) is 6.97. The lowest BCUT2D eigenvalue weighted by Crippen LogP contribution is -2.35. The predicted molar refractivity (Wildman–Crippen MR) is 90.6 cm³/mol. The standard InChI is InChI=1S/C17H23ClN2O2/c1-11-6-7-13-8-9-20(15(13)14(11)18)12(2)10-19-16(21)22-17(3,4)5/h6-9,12H,10H2,1-5H3,(H,19,21)/t12-/m1/s1. The second-order valence-electron chi connectivity index (χ2n) is 6.59. The topological polar surface area (TPSA) is 43.3 Å². The van der Waals surface area contributed by atoms with Crippen LogP contribution < -0.4 is 5.32 Å². The molecule has 120 valence electrons. The average Bonchev–Trinajstić information content (AvgIpc) is 2.83. The van der Waals surface area contributed by atoms with Gasteiger partial charge in [0.15, 0.2) is 0 Å². The third kappa shape index (κ3) is 3.74. The molecule has 0 spiro atoms. The van der Waals surface area contributed by atoms with Gasteiger partial charge in [-0.1, -0.05) is 23.7 Å². The molecular formula is C17H23ClN2O2. The summed E-state index contributed by atoms with van der Waals surface area (Å²) in [6, 6.07) is 6.17. The third-order valence-corrected chi connectivity index (χ3v) is 3.91. The molecule has 0 aliphatic heterocycles. The molecule has 1 heterocycles. The van der Waals surface area contributed by atoms with Gasteiger partial charge in [0.1, 0.15) is 5.60 Å². The van der Waals surface area contributed by atoms with Crippen LogP contribution in [0.15, 0.2) is 24.4 Å². The molecule has 2 rings (SSSR count). The van der Waals surface area contributed by atoms with Crippen LogP contribution in [-0.2, 0) is 4.74 Å². The zero-order valence-electron chi connectivity index (χ0n) is 13.7. The van der Waals surface area contributed by atoms with Gasteiger partial charge in [-0.3, -0.25) is 0 Å². The molecule has 22 heavy (non-hydrogen) atoms. The van der Waals surface area contributed by atoms with Crippen LogP contribution in [0.25, 0.3) is 10.9 Å². The fraction of sp³-hybridized carbons (Fsp3) is 0.471. The monoisotopic (exact) mass is 322 g/mol. The van der Waals surface area contributed by atoms with Crippen molar-refractivity contribution in [1.29, 1.82) is 0 Å². The van der Waals surface area contributed by atoms with Gasteiger partial charge in [0.25, 0.3) is 0 Å². The summed E-state index contributed by atoms with van der Waals surface area (Å²) in [6.07, 6.45) is 1.59. The highest BCUT2D eigenvalue weighted by Gasteiger charge is 2.17. The number of amides is 1. The molecule has 0 unspecified atom stereocenters. The Morgan fingerprint density at radius 3 is 2.68 bits per heavy atom. The van der Waals surface area contributed by atoms with E-state index in [0.29, 0.717) is 6.54 Å². The summed E-state index contributed by atoms with van der Waals surface area (Å²) in [7, 11) is 0. The molecule has 1 amide bonds. The molecule has 0 fully saturated rings. The minimum Gasteiger partial charge on any atom is -0.444 e. The fourth-order valence-electron chi connectivity index (χ4n) is 2.32. The minimum absolute atomic E-state index is 0.0734. The molecule has 0 saturated heterocycles. The summed E-state index contributed by atoms with van der Waals surface area (Å²) in [6.45, 7) is 10.0. The molecule has 4 nitrogen and oxygen atoms in total. The lowest BCUT2D eigenvalue weighted by atomic mass is 10.2. The summed E-state index contributed by atoms with van der Waals surface area (Å²) >= 11 is 6.43. The Hall–Kier alpha value is -1.68. The molecule has 1 aromatic heterocycles. The highest BCUT2D eigenvalue weighted by atomic mass is 35.5. The number of hydrogen-bond acceptors (Lipinski definition) is 2. The summed E-state index contributed by atoms with van der Waals surface area (Å²) < 4.78 is 7.34. The number of benzene rings is 1. The first-order chi connectivity index (χ1) is 10.2. The van der Waals surface area contributed by atoms with Crippen LogP contribution in [0.3, 0.4) is 0 Å². The van der Waals surface area contributed by atoms with E-state index in [4.69, 9.17) is 16.3 Å². The Kier molecular flexibility index (Phi) is 4.71. The van der Waals surface area contributed by atoms with Gasteiger partial charge in [-0.15, -0.1) is 0 Å². The predicted octanol–water partition coefficient (Wildman–Crippen LogP) is 4.69. The molecule has 1 N–H and O–H groups in total. The first-order valence-corrected chi connectivity index (χ1v) is 7.79. The van der Waals surface area contributed by atoms with E-state index in [1.54, 1.807) is 0 Å². The van der Waals surface area contributed by atoms with E-state index in [1.165, 1.54) is 0 Å². The van der Waals surface area contributed by atoms with E-state index in [0.717, 1.165) is 21.5 Å². The van der Waals surface area contributed by atoms with Crippen molar-refractivity contribution in [3.05, 3.63) is 35.0 Å². The molecule has 0 radical (unpaired) electrons. The second kappa shape index (κ2) is 6.21.